The molecule has 0 aliphatic carbocycles. The van der Waals surface area contributed by atoms with Gasteiger partial charge in [0.2, 0.25) is 0 Å². The Morgan fingerprint density at radius 3 is 2.40 bits per heavy atom. The van der Waals surface area contributed by atoms with Crippen LogP contribution in [-0.2, 0) is 0 Å². The fourth-order valence-electron chi connectivity index (χ4n) is 2.20. The van der Waals surface area contributed by atoms with Crippen LogP contribution in [0.4, 0.5) is 11.4 Å². The van der Waals surface area contributed by atoms with Gasteiger partial charge in [-0.05, 0) is 44.0 Å². The molecule has 4 N–H and O–H groups in total. The molecule has 0 radical (unpaired) electrons. The van der Waals surface area contributed by atoms with E-state index >= 15 is 0 Å². The third-order valence-electron chi connectivity index (χ3n) is 3.07. The summed E-state index contributed by atoms with van der Waals surface area (Å²) in [5, 5.41) is 2.90. The molecule has 1 aromatic heterocycles. The van der Waals surface area contributed by atoms with Gasteiger partial charge in [-0.2, -0.15) is 0 Å². The first kappa shape index (κ1) is 14.0. The van der Waals surface area contributed by atoms with Gasteiger partial charge in [-0.15, -0.1) is 0 Å². The molecule has 104 valence electrons. The molecule has 0 fully saturated rings. The largest absolute Gasteiger partial charge is 0.324 e. The number of hydrogen-bond acceptors (Lipinski definition) is 4. The average Bonchev–Trinajstić information content (AvgIpc) is 2.42. The Kier molecular flexibility index (Phi) is 4.00. The molecule has 0 bridgehead atoms. The van der Waals surface area contributed by atoms with Crippen LogP contribution in [0.3, 0.4) is 0 Å². The van der Waals surface area contributed by atoms with Gasteiger partial charge < -0.3 is 10.7 Å². The van der Waals surface area contributed by atoms with E-state index in [0.717, 1.165) is 16.8 Å². The number of benzene rings is 1. The molecule has 1 amide bonds. The zero-order chi connectivity index (χ0) is 14.7. The molecule has 0 saturated carbocycles. The fraction of sp³-hybridized carbons (Fsp3) is 0.200. The fourth-order valence-corrected chi connectivity index (χ4v) is 2.20. The quantitative estimate of drug-likeness (QED) is 0.591. The Bertz CT molecular complexity index is 629. The second-order valence-corrected chi connectivity index (χ2v) is 4.80. The van der Waals surface area contributed by atoms with Crippen molar-refractivity contribution >= 4 is 17.3 Å². The molecule has 0 unspecified atom stereocenters. The molecule has 5 heteroatoms. The molecule has 0 aliphatic heterocycles. The number of nitrogen functional groups attached to an aromatic ring is 1. The Morgan fingerprint density at radius 1 is 1.15 bits per heavy atom. The number of nitrogens with two attached hydrogens (primary N) is 1. The highest BCUT2D eigenvalue weighted by molar-refractivity contribution is 6.04. The van der Waals surface area contributed by atoms with Crippen LogP contribution >= 0.6 is 0 Å². The van der Waals surface area contributed by atoms with Crippen LogP contribution in [-0.4, -0.2) is 10.9 Å². The lowest BCUT2D eigenvalue weighted by Gasteiger charge is -2.12. The molecular formula is C15H18N4O. The van der Waals surface area contributed by atoms with Gasteiger partial charge in [0, 0.05) is 11.9 Å². The predicted octanol–water partition coefficient (Wildman–Crippen LogP) is 2.54. The summed E-state index contributed by atoms with van der Waals surface area (Å²) >= 11 is 0. The lowest BCUT2D eigenvalue weighted by atomic mass is 10.0. The van der Waals surface area contributed by atoms with E-state index in [4.69, 9.17) is 5.84 Å². The smallest absolute Gasteiger partial charge is 0.274 e. The zero-order valence-corrected chi connectivity index (χ0v) is 11.8. The molecule has 0 spiro atoms. The van der Waals surface area contributed by atoms with Crippen molar-refractivity contribution in [2.45, 2.75) is 20.8 Å². The molecule has 0 atom stereocenters. The summed E-state index contributed by atoms with van der Waals surface area (Å²) in [6, 6.07) is 7.37. The van der Waals surface area contributed by atoms with Crippen molar-refractivity contribution in [1.82, 2.24) is 4.98 Å². The number of amides is 1. The number of carbonyl (C=O) groups is 1. The Morgan fingerprint density at radius 2 is 1.80 bits per heavy atom. The third kappa shape index (κ3) is 2.95. The van der Waals surface area contributed by atoms with Crippen LogP contribution in [0, 0.1) is 20.8 Å². The van der Waals surface area contributed by atoms with E-state index < -0.39 is 0 Å². The van der Waals surface area contributed by atoms with Crippen LogP contribution in [0.5, 0.6) is 0 Å². The lowest BCUT2D eigenvalue weighted by molar-refractivity contribution is 0.102. The summed E-state index contributed by atoms with van der Waals surface area (Å²) in [5.74, 6) is 5.07. The van der Waals surface area contributed by atoms with Crippen LogP contribution in [0.1, 0.15) is 27.2 Å². The van der Waals surface area contributed by atoms with E-state index in [0.29, 0.717) is 11.4 Å². The number of nitrogens with one attached hydrogen (secondary N) is 2. The maximum absolute atomic E-state index is 12.2. The van der Waals surface area contributed by atoms with Gasteiger partial charge in [-0.3, -0.25) is 15.6 Å². The zero-order valence-electron chi connectivity index (χ0n) is 11.8. The highest BCUT2D eigenvalue weighted by Crippen LogP contribution is 2.22. The number of pyridine rings is 1. The number of nitrogens with zero attached hydrogens (tertiary/aromatic N) is 1. The second kappa shape index (κ2) is 5.71. The summed E-state index contributed by atoms with van der Waals surface area (Å²) < 4.78 is 0. The van der Waals surface area contributed by atoms with E-state index in [1.54, 1.807) is 18.3 Å². The number of aromatic nitrogens is 1. The predicted molar refractivity (Wildman–Crippen MR) is 80.7 cm³/mol. The highest BCUT2D eigenvalue weighted by atomic mass is 16.1. The minimum absolute atomic E-state index is 0.253. The van der Waals surface area contributed by atoms with Crippen molar-refractivity contribution in [3.63, 3.8) is 0 Å². The third-order valence-corrected chi connectivity index (χ3v) is 3.07. The number of hydrazine groups is 1. The van der Waals surface area contributed by atoms with Crippen molar-refractivity contribution in [3.8, 4) is 0 Å². The normalized spacial score (nSPS) is 10.2. The van der Waals surface area contributed by atoms with Crippen LogP contribution < -0.4 is 16.6 Å². The molecule has 0 saturated heterocycles. The molecule has 2 aromatic rings. The Balaban J connectivity index is 2.28. The first-order valence-corrected chi connectivity index (χ1v) is 6.33. The van der Waals surface area contributed by atoms with E-state index in [2.05, 4.69) is 15.7 Å². The SMILES string of the molecule is Cc1cc(C)c(NC(=O)c2cc(NN)ccn2)c(C)c1. The molecule has 2 rings (SSSR count). The number of carbonyl (C=O) groups excluding carboxylic acids is 1. The molecule has 5 nitrogen and oxygen atoms in total. The van der Waals surface area contributed by atoms with Gasteiger partial charge >= 0.3 is 0 Å². The van der Waals surface area contributed by atoms with Crippen molar-refractivity contribution in [2.75, 3.05) is 10.7 Å². The first-order chi connectivity index (χ1) is 9.51. The van der Waals surface area contributed by atoms with Gasteiger partial charge in [-0.1, -0.05) is 17.7 Å². The van der Waals surface area contributed by atoms with Gasteiger partial charge in [0.05, 0.1) is 5.69 Å². The van der Waals surface area contributed by atoms with Crippen LogP contribution in [0.15, 0.2) is 30.5 Å². The lowest BCUT2D eigenvalue weighted by Crippen LogP contribution is -2.16. The standard InChI is InChI=1S/C15H18N4O/c1-9-6-10(2)14(11(3)7-9)18-15(20)13-8-12(19-16)4-5-17-13/h4-8H,16H2,1-3H3,(H,17,19)(H,18,20). The topological polar surface area (TPSA) is 80.0 Å². The maximum atomic E-state index is 12.2. The van der Waals surface area contributed by atoms with Crippen molar-refractivity contribution in [2.24, 2.45) is 5.84 Å². The minimum atomic E-state index is -0.253. The number of anilines is 2. The van der Waals surface area contributed by atoms with Crippen molar-refractivity contribution in [3.05, 3.63) is 52.8 Å². The molecular weight excluding hydrogens is 252 g/mol. The van der Waals surface area contributed by atoms with Gasteiger partial charge in [-0.25, -0.2) is 0 Å². The molecule has 1 aromatic carbocycles. The van der Waals surface area contributed by atoms with E-state index in [1.165, 1.54) is 5.56 Å². The summed E-state index contributed by atoms with van der Waals surface area (Å²) in [6.07, 6.45) is 1.54. The van der Waals surface area contributed by atoms with Crippen LogP contribution in [0.25, 0.3) is 0 Å². The van der Waals surface area contributed by atoms with Gasteiger partial charge in [0.1, 0.15) is 5.69 Å². The van der Waals surface area contributed by atoms with E-state index in [1.807, 2.05) is 32.9 Å². The number of hydrogen-bond donors (Lipinski definition) is 3. The Hall–Kier alpha value is -2.40. The highest BCUT2D eigenvalue weighted by Gasteiger charge is 2.11. The summed E-state index contributed by atoms with van der Waals surface area (Å²) in [7, 11) is 0. The maximum Gasteiger partial charge on any atom is 0.274 e. The van der Waals surface area contributed by atoms with Crippen molar-refractivity contribution < 1.29 is 4.79 Å². The minimum Gasteiger partial charge on any atom is -0.324 e. The second-order valence-electron chi connectivity index (χ2n) is 4.80. The Labute approximate surface area is 118 Å². The number of rotatable bonds is 3. The monoisotopic (exact) mass is 270 g/mol. The molecule has 1 heterocycles. The summed E-state index contributed by atoms with van der Waals surface area (Å²) in [6.45, 7) is 5.98. The van der Waals surface area contributed by atoms with Gasteiger partial charge in [0.15, 0.2) is 0 Å². The first-order valence-electron chi connectivity index (χ1n) is 6.33. The van der Waals surface area contributed by atoms with E-state index in [-0.39, 0.29) is 5.91 Å². The summed E-state index contributed by atoms with van der Waals surface area (Å²) in [5.41, 5.74) is 7.52. The molecule has 0 aliphatic rings. The summed E-state index contributed by atoms with van der Waals surface area (Å²) in [4.78, 5) is 16.3. The average molecular weight is 270 g/mol. The van der Waals surface area contributed by atoms with Crippen LogP contribution in [0.2, 0.25) is 0 Å². The van der Waals surface area contributed by atoms with E-state index in [9.17, 15) is 4.79 Å². The number of aryl methyl sites for hydroxylation is 3. The molecule has 20 heavy (non-hydrogen) atoms. The van der Waals surface area contributed by atoms with Gasteiger partial charge in [0.25, 0.3) is 5.91 Å². The van der Waals surface area contributed by atoms with Crippen molar-refractivity contribution in [1.29, 1.82) is 0 Å².